The number of carbonyl (C=O) groups is 1. The number of rotatable bonds is 9. The predicted molar refractivity (Wildman–Crippen MR) is 175 cm³/mol. The average Bonchev–Trinajstić information content (AvgIpc) is 3.45. The van der Waals surface area contributed by atoms with Crippen molar-refractivity contribution in [3.05, 3.63) is 101 Å². The fourth-order valence-corrected chi connectivity index (χ4v) is 7.51. The average molecular weight is 640 g/mol. The fraction of sp³-hybridized carbons (Fsp3) is 0.324. The van der Waals surface area contributed by atoms with Gasteiger partial charge in [-0.2, -0.15) is 4.31 Å². The van der Waals surface area contributed by atoms with Gasteiger partial charge in [0, 0.05) is 37.8 Å². The Labute approximate surface area is 268 Å². The number of carbonyl (C=O) groups excluding carboxylic acids is 1. The van der Waals surface area contributed by atoms with E-state index in [1.165, 1.54) is 16.6 Å². The van der Waals surface area contributed by atoms with Crippen LogP contribution in [0.4, 0.5) is 5.69 Å². The summed E-state index contributed by atoms with van der Waals surface area (Å²) in [6.45, 7) is 8.99. The van der Waals surface area contributed by atoms with Crippen LogP contribution in [0.25, 0.3) is 11.0 Å². The summed E-state index contributed by atoms with van der Waals surface area (Å²) in [6, 6.07) is 16.8. The molecule has 46 heavy (non-hydrogen) atoms. The van der Waals surface area contributed by atoms with Gasteiger partial charge in [0.25, 0.3) is 0 Å². The maximum Gasteiger partial charge on any atom is 0.248 e. The number of hydrogen-bond acceptors (Lipinski definition) is 8. The summed E-state index contributed by atoms with van der Waals surface area (Å²) in [6.07, 6.45) is 5.24. The van der Waals surface area contributed by atoms with Gasteiger partial charge in [-0.1, -0.05) is 36.4 Å². The van der Waals surface area contributed by atoms with Crippen molar-refractivity contribution in [3.63, 3.8) is 0 Å². The quantitative estimate of drug-likeness (QED) is 0.227. The third-order valence-corrected chi connectivity index (χ3v) is 10.4. The van der Waals surface area contributed by atoms with Gasteiger partial charge in [-0.15, -0.1) is 5.10 Å². The summed E-state index contributed by atoms with van der Waals surface area (Å²) in [5.41, 5.74) is 6.91. The minimum absolute atomic E-state index is 0.0637. The molecule has 12 heteroatoms. The lowest BCUT2D eigenvalue weighted by molar-refractivity contribution is -0.116. The number of benzene rings is 2. The smallest absolute Gasteiger partial charge is 0.248 e. The highest BCUT2D eigenvalue weighted by Crippen LogP contribution is 2.36. The Morgan fingerprint density at radius 1 is 1.09 bits per heavy atom. The van der Waals surface area contributed by atoms with Gasteiger partial charge in [0.2, 0.25) is 21.8 Å². The Balaban J connectivity index is 1.40. The van der Waals surface area contributed by atoms with Gasteiger partial charge in [-0.25, -0.2) is 18.1 Å². The largest absolute Gasteiger partial charge is 0.472 e. The summed E-state index contributed by atoms with van der Waals surface area (Å²) in [4.78, 5) is 21.9. The molecule has 0 radical (unpaired) electrons. The van der Waals surface area contributed by atoms with E-state index in [1.807, 2.05) is 62.7 Å². The molecule has 6 rings (SSSR count). The Morgan fingerprint density at radius 2 is 1.91 bits per heavy atom. The first-order chi connectivity index (χ1) is 22.2. The maximum absolute atomic E-state index is 13.9. The molecule has 4 heterocycles. The molecule has 0 fully saturated rings. The van der Waals surface area contributed by atoms with Crippen LogP contribution in [0.5, 0.6) is 5.88 Å². The molecule has 0 bridgehead atoms. The Kier molecular flexibility index (Phi) is 8.83. The van der Waals surface area contributed by atoms with Gasteiger partial charge in [-0.3, -0.25) is 9.78 Å². The maximum atomic E-state index is 13.9. The van der Waals surface area contributed by atoms with Crippen LogP contribution in [0.3, 0.4) is 0 Å². The van der Waals surface area contributed by atoms with E-state index >= 15 is 0 Å². The number of sulfonamides is 1. The van der Waals surface area contributed by atoms with Crippen molar-refractivity contribution < 1.29 is 17.9 Å². The topological polar surface area (TPSA) is 132 Å². The zero-order valence-electron chi connectivity index (χ0n) is 26.3. The second-order valence-corrected chi connectivity index (χ2v) is 13.4. The standard InChI is InChI=1S/C34H37N7O4S/c1-5-27-21-40(46(43,44)31-10-8-16-36-34(31)45-27)20-25-17-24(12-11-22(25)3)29(18-32(42)37-26-9-7-15-35-19-26)28-13-14-30-33(23(28)4)38-39-41(30)6-2/h7-17,19,27,29H,5-6,18,20-21H2,1-4H3,(H,37,42)/t27-,29?/m1/s1. The van der Waals surface area contributed by atoms with Crippen molar-refractivity contribution in [3.8, 4) is 5.88 Å². The normalized spacial score (nSPS) is 16.7. The highest BCUT2D eigenvalue weighted by atomic mass is 32.2. The SMILES string of the molecule is CC[C@@H]1CN(Cc2cc(C(CC(=O)Nc3cccnc3)c3ccc4c(nnn4CC)c3C)ccc2C)S(=O)(=O)c2cccnc2O1. The van der Waals surface area contributed by atoms with Crippen LogP contribution in [-0.2, 0) is 27.9 Å². The molecule has 2 atom stereocenters. The minimum atomic E-state index is -3.89. The Hall–Kier alpha value is -4.68. The molecule has 0 saturated carbocycles. The molecule has 1 aliphatic rings. The number of anilines is 1. The van der Waals surface area contributed by atoms with E-state index in [4.69, 9.17) is 4.74 Å². The van der Waals surface area contributed by atoms with Crippen LogP contribution in [0.2, 0.25) is 0 Å². The van der Waals surface area contributed by atoms with Crippen molar-refractivity contribution in [1.29, 1.82) is 0 Å². The van der Waals surface area contributed by atoms with Gasteiger partial charge >= 0.3 is 0 Å². The zero-order valence-corrected chi connectivity index (χ0v) is 27.2. The molecule has 1 N–H and O–H groups in total. The summed E-state index contributed by atoms with van der Waals surface area (Å²) in [7, 11) is -3.89. The van der Waals surface area contributed by atoms with Gasteiger partial charge in [-0.05, 0) is 85.3 Å². The number of aryl methyl sites for hydroxylation is 3. The molecule has 1 unspecified atom stereocenters. The summed E-state index contributed by atoms with van der Waals surface area (Å²) >= 11 is 0. The molecular formula is C34H37N7O4S. The van der Waals surface area contributed by atoms with Crippen molar-refractivity contribution in [2.45, 2.75) is 70.5 Å². The number of nitrogens with zero attached hydrogens (tertiary/aromatic N) is 6. The number of ether oxygens (including phenoxy) is 1. The molecule has 238 valence electrons. The van der Waals surface area contributed by atoms with Crippen molar-refractivity contribution >= 4 is 32.7 Å². The lowest BCUT2D eigenvalue weighted by atomic mass is 9.84. The number of amides is 1. The lowest BCUT2D eigenvalue weighted by Gasteiger charge is -2.25. The first kappa shape index (κ1) is 31.3. The van der Waals surface area contributed by atoms with Crippen LogP contribution in [0.15, 0.2) is 78.1 Å². The number of fused-ring (bicyclic) bond motifs is 2. The van der Waals surface area contributed by atoms with E-state index in [9.17, 15) is 13.2 Å². The molecule has 5 aromatic rings. The highest BCUT2D eigenvalue weighted by molar-refractivity contribution is 7.89. The van der Waals surface area contributed by atoms with E-state index < -0.39 is 10.0 Å². The third-order valence-electron chi connectivity index (χ3n) is 8.61. The number of pyridine rings is 2. The van der Waals surface area contributed by atoms with Crippen molar-refractivity contribution in [1.82, 2.24) is 29.3 Å². The number of aromatic nitrogens is 5. The Bertz CT molecular complexity index is 2000. The summed E-state index contributed by atoms with van der Waals surface area (Å²) in [5, 5.41) is 11.7. The van der Waals surface area contributed by atoms with Crippen LogP contribution in [-0.4, -0.2) is 56.2 Å². The highest BCUT2D eigenvalue weighted by Gasteiger charge is 2.35. The van der Waals surface area contributed by atoms with Gasteiger partial charge < -0.3 is 10.1 Å². The molecule has 2 aromatic carbocycles. The van der Waals surface area contributed by atoms with Gasteiger partial charge in [0.1, 0.15) is 16.5 Å². The number of nitrogens with one attached hydrogen (secondary N) is 1. The predicted octanol–water partition coefficient (Wildman–Crippen LogP) is 5.38. The first-order valence-corrected chi connectivity index (χ1v) is 16.9. The minimum Gasteiger partial charge on any atom is -0.472 e. The van der Waals surface area contributed by atoms with Gasteiger partial charge in [0.05, 0.1) is 23.9 Å². The number of hydrogen-bond donors (Lipinski definition) is 1. The second kappa shape index (κ2) is 13.0. The molecular weight excluding hydrogens is 602 g/mol. The molecule has 0 saturated heterocycles. The fourth-order valence-electron chi connectivity index (χ4n) is 5.99. The van der Waals surface area contributed by atoms with Crippen LogP contribution in [0, 0.1) is 13.8 Å². The van der Waals surface area contributed by atoms with Crippen molar-refractivity contribution in [2.75, 3.05) is 11.9 Å². The zero-order chi connectivity index (χ0) is 32.4. The first-order valence-electron chi connectivity index (χ1n) is 15.4. The van der Waals surface area contributed by atoms with E-state index in [0.29, 0.717) is 18.7 Å². The Morgan fingerprint density at radius 3 is 2.67 bits per heavy atom. The van der Waals surface area contributed by atoms with E-state index in [-0.39, 0.29) is 48.2 Å². The van der Waals surface area contributed by atoms with Gasteiger partial charge in [0.15, 0.2) is 0 Å². The van der Waals surface area contributed by atoms with E-state index in [1.54, 1.807) is 30.6 Å². The summed E-state index contributed by atoms with van der Waals surface area (Å²) < 4.78 is 37.1. The molecule has 1 aliphatic heterocycles. The molecule has 11 nitrogen and oxygen atoms in total. The van der Waals surface area contributed by atoms with Crippen molar-refractivity contribution in [2.24, 2.45) is 0 Å². The monoisotopic (exact) mass is 639 g/mol. The van der Waals surface area contributed by atoms with E-state index in [0.717, 1.165) is 38.9 Å². The summed E-state index contributed by atoms with van der Waals surface area (Å²) in [5.74, 6) is -0.378. The molecule has 1 amide bonds. The van der Waals surface area contributed by atoms with Crippen LogP contribution in [0.1, 0.15) is 60.4 Å². The lowest BCUT2D eigenvalue weighted by Crippen LogP contribution is -2.36. The van der Waals surface area contributed by atoms with Crippen LogP contribution < -0.4 is 10.1 Å². The second-order valence-electron chi connectivity index (χ2n) is 11.5. The molecule has 3 aromatic heterocycles. The molecule has 0 aliphatic carbocycles. The molecule has 0 spiro atoms. The van der Waals surface area contributed by atoms with E-state index in [2.05, 4.69) is 25.6 Å². The van der Waals surface area contributed by atoms with Crippen LogP contribution >= 0.6 is 0 Å². The third kappa shape index (κ3) is 6.10.